The Morgan fingerprint density at radius 1 is 1.17 bits per heavy atom. The molecular weight excluding hydrogens is 326 g/mol. The van der Waals surface area contributed by atoms with E-state index in [1.54, 1.807) is 12.1 Å². The average molecular weight is 341 g/mol. The summed E-state index contributed by atoms with van der Waals surface area (Å²) in [5.41, 5.74) is 2.88. The van der Waals surface area contributed by atoms with Crippen molar-refractivity contribution in [3.05, 3.63) is 69.8 Å². The van der Waals surface area contributed by atoms with Gasteiger partial charge in [-0.15, -0.1) is 10.2 Å². The van der Waals surface area contributed by atoms with Gasteiger partial charge in [0.2, 0.25) is 5.89 Å². The molecule has 0 N–H and O–H groups in total. The fourth-order valence-corrected chi connectivity index (χ4v) is 3.09. The van der Waals surface area contributed by atoms with Crippen LogP contribution in [0, 0.1) is 17.0 Å². The van der Waals surface area contributed by atoms with E-state index >= 15 is 0 Å². The average Bonchev–Trinajstić information content (AvgIpc) is 3.03. The van der Waals surface area contributed by atoms with Gasteiger partial charge in [0.25, 0.3) is 10.9 Å². The van der Waals surface area contributed by atoms with Gasteiger partial charge in [0.1, 0.15) is 0 Å². The lowest BCUT2D eigenvalue weighted by Gasteiger charge is -2.08. The molecule has 3 aromatic rings. The summed E-state index contributed by atoms with van der Waals surface area (Å²) in [5, 5.41) is 19.4. The first-order valence-corrected chi connectivity index (χ1v) is 8.23. The highest BCUT2D eigenvalue weighted by molar-refractivity contribution is 7.99. The predicted molar refractivity (Wildman–Crippen MR) is 91.8 cm³/mol. The predicted octanol–water partition coefficient (Wildman–Crippen LogP) is 4.81. The molecule has 122 valence electrons. The number of thioether (sulfide) groups is 1. The van der Waals surface area contributed by atoms with E-state index in [1.807, 2.05) is 44.2 Å². The SMILES string of the molecule is Cc1ccccc1-c1nnc(SC(C)c2cccc([N+](=O)[O-])c2)o1. The zero-order chi connectivity index (χ0) is 17.1. The maximum absolute atomic E-state index is 10.9. The summed E-state index contributed by atoms with van der Waals surface area (Å²) in [6, 6.07) is 14.4. The molecule has 0 fully saturated rings. The van der Waals surface area contributed by atoms with Gasteiger partial charge >= 0.3 is 0 Å². The summed E-state index contributed by atoms with van der Waals surface area (Å²) < 4.78 is 5.73. The fourth-order valence-electron chi connectivity index (χ4n) is 2.29. The molecule has 1 unspecified atom stereocenters. The van der Waals surface area contributed by atoms with Crippen LogP contribution in [0.3, 0.4) is 0 Å². The summed E-state index contributed by atoms with van der Waals surface area (Å²) in [6.07, 6.45) is 0. The lowest BCUT2D eigenvalue weighted by atomic mass is 10.1. The van der Waals surface area contributed by atoms with E-state index in [1.165, 1.54) is 17.8 Å². The second kappa shape index (κ2) is 6.84. The van der Waals surface area contributed by atoms with E-state index in [2.05, 4.69) is 10.2 Å². The molecule has 0 radical (unpaired) electrons. The minimum absolute atomic E-state index is 0.0462. The monoisotopic (exact) mass is 341 g/mol. The zero-order valence-electron chi connectivity index (χ0n) is 13.2. The number of aromatic nitrogens is 2. The van der Waals surface area contributed by atoms with Crippen molar-refractivity contribution in [3.63, 3.8) is 0 Å². The van der Waals surface area contributed by atoms with E-state index < -0.39 is 4.92 Å². The van der Waals surface area contributed by atoms with Crippen LogP contribution in [0.25, 0.3) is 11.5 Å². The zero-order valence-corrected chi connectivity index (χ0v) is 14.0. The number of nitro groups is 1. The van der Waals surface area contributed by atoms with Gasteiger partial charge in [0, 0.05) is 22.9 Å². The number of nitrogens with zero attached hydrogens (tertiary/aromatic N) is 3. The van der Waals surface area contributed by atoms with Crippen LogP contribution >= 0.6 is 11.8 Å². The first kappa shape index (κ1) is 16.2. The van der Waals surface area contributed by atoms with E-state index in [0.717, 1.165) is 16.7 Å². The second-order valence-corrected chi connectivity index (χ2v) is 6.59. The molecule has 3 rings (SSSR count). The van der Waals surface area contributed by atoms with E-state index in [0.29, 0.717) is 11.1 Å². The highest BCUT2D eigenvalue weighted by Gasteiger charge is 2.17. The third kappa shape index (κ3) is 3.46. The molecular formula is C17H15N3O3S. The molecule has 0 aliphatic rings. The van der Waals surface area contributed by atoms with Crippen LogP contribution in [0.5, 0.6) is 0 Å². The van der Waals surface area contributed by atoms with Gasteiger partial charge in [-0.1, -0.05) is 42.1 Å². The summed E-state index contributed by atoms with van der Waals surface area (Å²) in [5.74, 6) is 0.474. The van der Waals surface area contributed by atoms with Gasteiger partial charge in [-0.25, -0.2) is 0 Å². The third-order valence-corrected chi connectivity index (χ3v) is 4.60. The number of nitro benzene ring substituents is 1. The minimum atomic E-state index is -0.399. The van der Waals surface area contributed by atoms with Crippen LogP contribution in [0.2, 0.25) is 0 Å². The molecule has 0 amide bonds. The van der Waals surface area contributed by atoms with E-state index in [9.17, 15) is 10.1 Å². The second-order valence-electron chi connectivity index (χ2n) is 5.30. The first-order chi connectivity index (χ1) is 11.5. The van der Waals surface area contributed by atoms with Crippen molar-refractivity contribution in [2.75, 3.05) is 0 Å². The Hall–Kier alpha value is -2.67. The Labute approximate surface area is 143 Å². The maximum Gasteiger partial charge on any atom is 0.277 e. The molecule has 6 nitrogen and oxygen atoms in total. The first-order valence-electron chi connectivity index (χ1n) is 7.35. The van der Waals surface area contributed by atoms with Crippen molar-refractivity contribution in [1.29, 1.82) is 0 Å². The van der Waals surface area contributed by atoms with Crippen molar-refractivity contribution in [1.82, 2.24) is 10.2 Å². The number of rotatable bonds is 5. The van der Waals surface area contributed by atoms with Crippen molar-refractivity contribution in [3.8, 4) is 11.5 Å². The van der Waals surface area contributed by atoms with Crippen LogP contribution in [-0.4, -0.2) is 15.1 Å². The number of benzene rings is 2. The van der Waals surface area contributed by atoms with Crippen molar-refractivity contribution in [2.24, 2.45) is 0 Å². The number of hydrogen-bond acceptors (Lipinski definition) is 6. The molecule has 1 aromatic heterocycles. The Bertz CT molecular complexity index is 879. The fraction of sp³-hybridized carbons (Fsp3) is 0.176. The molecule has 1 atom stereocenters. The van der Waals surface area contributed by atoms with Gasteiger partial charge in [-0.2, -0.15) is 0 Å². The van der Waals surface area contributed by atoms with Gasteiger partial charge in [-0.05, 0) is 31.0 Å². The Balaban J connectivity index is 1.78. The Morgan fingerprint density at radius 3 is 2.71 bits per heavy atom. The molecule has 0 spiro atoms. The summed E-state index contributed by atoms with van der Waals surface area (Å²) in [4.78, 5) is 10.5. The van der Waals surface area contributed by atoms with E-state index in [4.69, 9.17) is 4.42 Å². The lowest BCUT2D eigenvalue weighted by Crippen LogP contribution is -1.92. The van der Waals surface area contributed by atoms with Gasteiger partial charge in [0.05, 0.1) is 4.92 Å². The summed E-state index contributed by atoms with van der Waals surface area (Å²) in [6.45, 7) is 3.93. The van der Waals surface area contributed by atoms with E-state index in [-0.39, 0.29) is 10.9 Å². The van der Waals surface area contributed by atoms with Gasteiger partial charge < -0.3 is 4.42 Å². The number of non-ortho nitro benzene ring substituents is 1. The smallest absolute Gasteiger partial charge is 0.277 e. The number of hydrogen-bond donors (Lipinski definition) is 0. The molecule has 2 aromatic carbocycles. The molecule has 0 bridgehead atoms. The molecule has 0 aliphatic carbocycles. The van der Waals surface area contributed by atoms with Gasteiger partial charge in [0.15, 0.2) is 0 Å². The third-order valence-electron chi connectivity index (χ3n) is 3.61. The standard InChI is InChI=1S/C17H15N3O3S/c1-11-6-3-4-9-15(11)16-18-19-17(23-16)24-12(2)13-7-5-8-14(10-13)20(21)22/h3-10,12H,1-2H3. The topological polar surface area (TPSA) is 82.1 Å². The summed E-state index contributed by atoms with van der Waals surface area (Å²) >= 11 is 1.38. The lowest BCUT2D eigenvalue weighted by molar-refractivity contribution is -0.384. The maximum atomic E-state index is 10.9. The highest BCUT2D eigenvalue weighted by Crippen LogP contribution is 2.36. The molecule has 0 saturated carbocycles. The van der Waals surface area contributed by atoms with Gasteiger partial charge in [-0.3, -0.25) is 10.1 Å². The largest absolute Gasteiger partial charge is 0.411 e. The Kier molecular flexibility index (Phi) is 4.61. The van der Waals surface area contributed by atoms with Crippen LogP contribution < -0.4 is 0 Å². The quantitative estimate of drug-likeness (QED) is 0.376. The molecule has 24 heavy (non-hydrogen) atoms. The van der Waals surface area contributed by atoms with Crippen molar-refractivity contribution in [2.45, 2.75) is 24.3 Å². The molecule has 0 saturated heterocycles. The molecule has 7 heteroatoms. The molecule has 1 heterocycles. The highest BCUT2D eigenvalue weighted by atomic mass is 32.2. The van der Waals surface area contributed by atoms with Crippen LogP contribution in [0.4, 0.5) is 5.69 Å². The minimum Gasteiger partial charge on any atom is -0.411 e. The normalized spacial score (nSPS) is 12.1. The molecule has 0 aliphatic heterocycles. The van der Waals surface area contributed by atoms with Crippen molar-refractivity contribution >= 4 is 17.4 Å². The number of aryl methyl sites for hydroxylation is 1. The van der Waals surface area contributed by atoms with Crippen LogP contribution in [0.1, 0.15) is 23.3 Å². The van der Waals surface area contributed by atoms with Crippen LogP contribution in [-0.2, 0) is 0 Å². The Morgan fingerprint density at radius 2 is 1.96 bits per heavy atom. The van der Waals surface area contributed by atoms with Crippen molar-refractivity contribution < 1.29 is 9.34 Å². The summed E-state index contributed by atoms with van der Waals surface area (Å²) in [7, 11) is 0. The van der Waals surface area contributed by atoms with Crippen LogP contribution in [0.15, 0.2) is 58.2 Å².